The molecule has 4 aromatic carbocycles. The highest BCUT2D eigenvalue weighted by atomic mass is 79.9. The molecule has 4 rings (SSSR count). The molecule has 0 aliphatic carbocycles. The van der Waals surface area contributed by atoms with E-state index >= 15 is 0 Å². The lowest BCUT2D eigenvalue weighted by molar-refractivity contribution is 1.45. The molecule has 0 unspecified atom stereocenters. The number of rotatable bonds is 0. The van der Waals surface area contributed by atoms with Crippen LogP contribution in [0.5, 0.6) is 0 Å². The number of benzene rings is 4. The first-order valence-electron chi connectivity index (χ1n) is 7.78. The SMILES string of the molecule is Cc1cc2c(cc1Br)c1cc(C)c(Br)cc1c1cc(C)c(Br)cc21. The highest BCUT2D eigenvalue weighted by Crippen LogP contribution is 2.41. The Balaban J connectivity index is 2.40. The Hall–Kier alpha value is -0.900. The first-order valence-corrected chi connectivity index (χ1v) is 10.2. The summed E-state index contributed by atoms with van der Waals surface area (Å²) in [7, 11) is 0. The van der Waals surface area contributed by atoms with E-state index < -0.39 is 0 Å². The van der Waals surface area contributed by atoms with Crippen LogP contribution in [0.2, 0.25) is 0 Å². The average Bonchev–Trinajstić information content (AvgIpc) is 2.53. The largest absolute Gasteiger partial charge is 0.0505 e. The fourth-order valence-electron chi connectivity index (χ4n) is 3.38. The molecule has 0 amide bonds. The van der Waals surface area contributed by atoms with Gasteiger partial charge >= 0.3 is 0 Å². The molecule has 0 aromatic heterocycles. The van der Waals surface area contributed by atoms with Crippen LogP contribution in [-0.4, -0.2) is 0 Å². The monoisotopic (exact) mass is 504 g/mol. The van der Waals surface area contributed by atoms with Crippen molar-refractivity contribution in [1.82, 2.24) is 0 Å². The van der Waals surface area contributed by atoms with Crippen molar-refractivity contribution in [3.05, 3.63) is 66.5 Å². The third-order valence-corrected chi connectivity index (χ3v) is 7.33. The van der Waals surface area contributed by atoms with Gasteiger partial charge in [-0.1, -0.05) is 47.8 Å². The van der Waals surface area contributed by atoms with Crippen LogP contribution in [0.1, 0.15) is 16.7 Å². The summed E-state index contributed by atoms with van der Waals surface area (Å²) in [5.41, 5.74) is 3.77. The smallest absolute Gasteiger partial charge is 0.0211 e. The zero-order chi connectivity index (χ0) is 17.2. The number of fused-ring (bicyclic) bond motifs is 6. The van der Waals surface area contributed by atoms with Gasteiger partial charge in [0, 0.05) is 13.4 Å². The molecule has 0 spiro atoms. The van der Waals surface area contributed by atoms with Crippen LogP contribution in [0.4, 0.5) is 0 Å². The summed E-state index contributed by atoms with van der Waals surface area (Å²) >= 11 is 11.1. The summed E-state index contributed by atoms with van der Waals surface area (Å²) in [5.74, 6) is 0. The molecule has 0 nitrogen and oxygen atoms in total. The van der Waals surface area contributed by atoms with Crippen LogP contribution in [-0.2, 0) is 0 Å². The molecular weight excluding hydrogens is 492 g/mol. The zero-order valence-corrected chi connectivity index (χ0v) is 18.4. The second-order valence-corrected chi connectivity index (χ2v) is 9.00. The van der Waals surface area contributed by atoms with Gasteiger partial charge < -0.3 is 0 Å². The minimum atomic E-state index is 1.15. The van der Waals surface area contributed by atoms with E-state index in [1.54, 1.807) is 0 Å². The van der Waals surface area contributed by atoms with Gasteiger partial charge in [-0.05, 0) is 106 Å². The van der Waals surface area contributed by atoms with E-state index in [0.29, 0.717) is 0 Å². The predicted molar refractivity (Wildman–Crippen MR) is 116 cm³/mol. The van der Waals surface area contributed by atoms with Gasteiger partial charge in [0.2, 0.25) is 0 Å². The summed E-state index contributed by atoms with van der Waals surface area (Å²) in [6.07, 6.45) is 0. The minimum Gasteiger partial charge on any atom is -0.0505 e. The Morgan fingerprint density at radius 3 is 0.875 bits per heavy atom. The van der Waals surface area contributed by atoms with E-state index in [1.165, 1.54) is 49.0 Å². The lowest BCUT2D eigenvalue weighted by atomic mass is 9.92. The summed E-state index contributed by atoms with van der Waals surface area (Å²) < 4.78 is 3.46. The van der Waals surface area contributed by atoms with Crippen molar-refractivity contribution in [2.24, 2.45) is 0 Å². The summed E-state index contributed by atoms with van der Waals surface area (Å²) in [5, 5.41) is 7.80. The maximum Gasteiger partial charge on any atom is 0.0211 e. The van der Waals surface area contributed by atoms with E-state index in [1.807, 2.05) is 0 Å². The fourth-order valence-corrected chi connectivity index (χ4v) is 4.41. The zero-order valence-electron chi connectivity index (χ0n) is 13.6. The van der Waals surface area contributed by atoms with Gasteiger partial charge in [-0.15, -0.1) is 0 Å². The number of aryl methyl sites for hydroxylation is 3. The van der Waals surface area contributed by atoms with E-state index in [-0.39, 0.29) is 0 Å². The van der Waals surface area contributed by atoms with E-state index in [0.717, 1.165) is 13.4 Å². The normalized spacial score (nSPS) is 11.8. The van der Waals surface area contributed by atoms with Crippen LogP contribution in [0.3, 0.4) is 0 Å². The molecular formula is C21H15Br3. The molecule has 3 heteroatoms. The summed E-state index contributed by atoms with van der Waals surface area (Å²) in [6, 6.07) is 13.6. The second-order valence-electron chi connectivity index (χ2n) is 6.44. The van der Waals surface area contributed by atoms with Crippen molar-refractivity contribution in [2.75, 3.05) is 0 Å². The lowest BCUT2D eigenvalue weighted by Crippen LogP contribution is -1.89. The van der Waals surface area contributed by atoms with Crippen LogP contribution in [0.15, 0.2) is 49.8 Å². The molecule has 0 saturated carbocycles. The van der Waals surface area contributed by atoms with E-state index in [2.05, 4.69) is 105 Å². The highest BCUT2D eigenvalue weighted by Gasteiger charge is 2.13. The molecule has 4 aromatic rings. The Labute approximate surface area is 166 Å². The number of hydrogen-bond acceptors (Lipinski definition) is 0. The fraction of sp³-hybridized carbons (Fsp3) is 0.143. The molecule has 0 saturated heterocycles. The Kier molecular flexibility index (Phi) is 4.02. The number of halogens is 3. The topological polar surface area (TPSA) is 0 Å². The quantitative estimate of drug-likeness (QED) is 0.210. The van der Waals surface area contributed by atoms with Crippen molar-refractivity contribution >= 4 is 80.1 Å². The predicted octanol–water partition coefficient (Wildman–Crippen LogP) is 8.36. The average molecular weight is 507 g/mol. The molecule has 0 heterocycles. The Morgan fingerprint density at radius 1 is 0.417 bits per heavy atom. The van der Waals surface area contributed by atoms with Crippen molar-refractivity contribution in [2.45, 2.75) is 20.8 Å². The molecule has 0 aliphatic heterocycles. The summed E-state index contributed by atoms with van der Waals surface area (Å²) in [6.45, 7) is 6.45. The minimum absolute atomic E-state index is 1.15. The van der Waals surface area contributed by atoms with E-state index in [4.69, 9.17) is 0 Å². The molecule has 0 N–H and O–H groups in total. The van der Waals surface area contributed by atoms with Crippen LogP contribution in [0.25, 0.3) is 32.3 Å². The van der Waals surface area contributed by atoms with Crippen molar-refractivity contribution in [1.29, 1.82) is 0 Å². The molecule has 0 atom stereocenters. The maximum absolute atomic E-state index is 3.71. The van der Waals surface area contributed by atoms with Crippen molar-refractivity contribution < 1.29 is 0 Å². The van der Waals surface area contributed by atoms with Gasteiger partial charge in [0.1, 0.15) is 0 Å². The van der Waals surface area contributed by atoms with Gasteiger partial charge in [0.15, 0.2) is 0 Å². The van der Waals surface area contributed by atoms with Crippen molar-refractivity contribution in [3.8, 4) is 0 Å². The molecule has 120 valence electrons. The van der Waals surface area contributed by atoms with Gasteiger partial charge in [0.05, 0.1) is 0 Å². The second kappa shape index (κ2) is 5.82. The summed E-state index contributed by atoms with van der Waals surface area (Å²) in [4.78, 5) is 0. The van der Waals surface area contributed by atoms with Gasteiger partial charge in [-0.3, -0.25) is 0 Å². The third-order valence-electron chi connectivity index (χ3n) is 4.77. The van der Waals surface area contributed by atoms with Gasteiger partial charge in [-0.2, -0.15) is 0 Å². The molecule has 0 fully saturated rings. The molecule has 0 aliphatic rings. The van der Waals surface area contributed by atoms with Crippen molar-refractivity contribution in [3.63, 3.8) is 0 Å². The standard InChI is InChI=1S/C21H15Br3/c1-10-4-13-16(7-19(10)22)14-5-11(2)21(24)9-18(14)15-6-12(3)20(23)8-17(13)15/h4-9H,1-3H3. The first-order chi connectivity index (χ1) is 11.4. The van der Waals surface area contributed by atoms with Gasteiger partial charge in [-0.25, -0.2) is 0 Å². The Morgan fingerprint density at radius 2 is 0.625 bits per heavy atom. The maximum atomic E-state index is 3.71. The van der Waals surface area contributed by atoms with Crippen LogP contribution >= 0.6 is 47.8 Å². The van der Waals surface area contributed by atoms with Crippen LogP contribution in [0, 0.1) is 20.8 Å². The first kappa shape index (κ1) is 16.6. The molecule has 0 bridgehead atoms. The van der Waals surface area contributed by atoms with Crippen LogP contribution < -0.4 is 0 Å². The van der Waals surface area contributed by atoms with E-state index in [9.17, 15) is 0 Å². The lowest BCUT2D eigenvalue weighted by Gasteiger charge is -2.15. The number of hydrogen-bond donors (Lipinski definition) is 0. The van der Waals surface area contributed by atoms with Gasteiger partial charge in [0.25, 0.3) is 0 Å². The molecule has 24 heavy (non-hydrogen) atoms. The Bertz CT molecular complexity index is 890. The molecule has 0 radical (unpaired) electrons. The highest BCUT2D eigenvalue weighted by molar-refractivity contribution is 9.11. The third kappa shape index (κ3) is 2.44.